The Hall–Kier alpha value is -8.46. The molecule has 12 aromatic rings. The van der Waals surface area contributed by atoms with Crippen molar-refractivity contribution in [3.8, 4) is 44.5 Å². The van der Waals surface area contributed by atoms with Crippen molar-refractivity contribution in [3.05, 3.63) is 259 Å². The van der Waals surface area contributed by atoms with E-state index >= 15 is 0 Å². The number of benzene rings is 11. The molecule has 11 aromatic carbocycles. The quantitative estimate of drug-likeness (QED) is 0.172. The van der Waals surface area contributed by atoms with E-state index in [-0.39, 0.29) is 0 Å². The normalized spacial score (nSPS) is 13.0. The summed E-state index contributed by atoms with van der Waals surface area (Å²) in [7, 11) is 0. The molecule has 2 aliphatic rings. The molecule has 0 saturated heterocycles. The van der Waals surface area contributed by atoms with Crippen LogP contribution in [0.15, 0.2) is 241 Å². The van der Waals surface area contributed by atoms with Gasteiger partial charge in [-0.05, 0) is 155 Å². The minimum absolute atomic E-state index is 0.443. The van der Waals surface area contributed by atoms with Crippen LogP contribution in [0, 0.1) is 0 Å². The Morgan fingerprint density at radius 2 is 0.723 bits per heavy atom. The molecule has 2 heteroatoms. The van der Waals surface area contributed by atoms with Gasteiger partial charge in [-0.25, -0.2) is 0 Å². The van der Waals surface area contributed by atoms with Crippen LogP contribution < -0.4 is 4.90 Å². The number of fused-ring (bicyclic) bond motifs is 15. The molecule has 0 saturated carbocycles. The van der Waals surface area contributed by atoms with Crippen molar-refractivity contribution in [1.82, 2.24) is 0 Å². The number of hydrogen-bond acceptors (Lipinski definition) is 2. The molecule has 302 valence electrons. The van der Waals surface area contributed by atoms with Gasteiger partial charge >= 0.3 is 0 Å². The van der Waals surface area contributed by atoms with Crippen LogP contribution in [0.1, 0.15) is 22.3 Å². The highest BCUT2D eigenvalue weighted by molar-refractivity contribution is 6.07. The SMILES string of the molecule is c1ccc2c(c1)-c1ccccc1C21c2ccccc2-c2ccc(N(c3ccc(-c4ccc5cc(-c6ccc7ccccc7c6)ccc5c4)cc3)c3ccc4oc5ccccc5c4c3)cc21. The second-order valence-electron chi connectivity index (χ2n) is 17.6. The molecule has 1 heterocycles. The van der Waals surface area contributed by atoms with Gasteiger partial charge in [0.2, 0.25) is 0 Å². The summed E-state index contributed by atoms with van der Waals surface area (Å²) in [5.74, 6) is 0. The molecule has 2 aliphatic carbocycles. The van der Waals surface area contributed by atoms with Gasteiger partial charge in [0.25, 0.3) is 0 Å². The molecule has 0 radical (unpaired) electrons. The Balaban J connectivity index is 0.906. The minimum Gasteiger partial charge on any atom is -0.456 e. The van der Waals surface area contributed by atoms with Crippen molar-refractivity contribution in [3.63, 3.8) is 0 Å². The lowest BCUT2D eigenvalue weighted by atomic mass is 9.70. The van der Waals surface area contributed by atoms with Gasteiger partial charge < -0.3 is 9.32 Å². The summed E-state index contributed by atoms with van der Waals surface area (Å²) in [5.41, 5.74) is 19.9. The molecule has 14 rings (SSSR count). The first kappa shape index (κ1) is 36.1. The summed E-state index contributed by atoms with van der Waals surface area (Å²) in [4.78, 5) is 2.42. The van der Waals surface area contributed by atoms with E-state index in [1.807, 2.05) is 6.07 Å². The number of rotatable bonds is 5. The van der Waals surface area contributed by atoms with Crippen LogP contribution in [0.3, 0.4) is 0 Å². The van der Waals surface area contributed by atoms with Gasteiger partial charge in [-0.3, -0.25) is 0 Å². The highest BCUT2D eigenvalue weighted by atomic mass is 16.3. The number of para-hydroxylation sites is 1. The van der Waals surface area contributed by atoms with Gasteiger partial charge in [0.05, 0.1) is 5.41 Å². The van der Waals surface area contributed by atoms with Gasteiger partial charge in [0.1, 0.15) is 11.2 Å². The number of furan rings is 1. The lowest BCUT2D eigenvalue weighted by Gasteiger charge is -2.32. The zero-order valence-electron chi connectivity index (χ0n) is 35.4. The van der Waals surface area contributed by atoms with E-state index < -0.39 is 5.41 Å². The fourth-order valence-corrected chi connectivity index (χ4v) is 11.3. The number of nitrogens with zero attached hydrogens (tertiary/aromatic N) is 1. The third-order valence-corrected chi connectivity index (χ3v) is 14.2. The van der Waals surface area contributed by atoms with E-state index in [1.165, 1.54) is 88.3 Å². The zero-order valence-corrected chi connectivity index (χ0v) is 35.4. The molecule has 0 atom stereocenters. The Bertz CT molecular complexity index is 3850. The zero-order chi connectivity index (χ0) is 42.6. The maximum Gasteiger partial charge on any atom is 0.135 e. The molecule has 0 N–H and O–H groups in total. The second kappa shape index (κ2) is 13.8. The molecule has 0 bridgehead atoms. The van der Waals surface area contributed by atoms with Gasteiger partial charge in [0.15, 0.2) is 0 Å². The fraction of sp³-hybridized carbons (Fsp3) is 0.0159. The van der Waals surface area contributed by atoms with E-state index in [1.54, 1.807) is 0 Å². The van der Waals surface area contributed by atoms with E-state index in [4.69, 9.17) is 4.42 Å². The summed E-state index contributed by atoms with van der Waals surface area (Å²) < 4.78 is 6.35. The molecule has 0 fully saturated rings. The molecule has 1 aromatic heterocycles. The fourth-order valence-electron chi connectivity index (χ4n) is 11.3. The molecular weight excluding hydrogens is 787 g/mol. The summed E-state index contributed by atoms with van der Waals surface area (Å²) in [5, 5.41) is 7.19. The Labute approximate surface area is 376 Å². The Morgan fingerprint density at radius 1 is 0.277 bits per heavy atom. The summed E-state index contributed by atoms with van der Waals surface area (Å²) in [6.07, 6.45) is 0. The largest absolute Gasteiger partial charge is 0.456 e. The van der Waals surface area contributed by atoms with Gasteiger partial charge in [0, 0.05) is 27.8 Å². The van der Waals surface area contributed by atoms with Crippen LogP contribution in [-0.2, 0) is 5.41 Å². The third-order valence-electron chi connectivity index (χ3n) is 14.2. The van der Waals surface area contributed by atoms with E-state index in [2.05, 4.69) is 235 Å². The van der Waals surface area contributed by atoms with Gasteiger partial charge in [-0.2, -0.15) is 0 Å². The van der Waals surface area contributed by atoms with E-state index in [0.29, 0.717) is 0 Å². The maximum atomic E-state index is 6.35. The average molecular weight is 826 g/mol. The lowest BCUT2D eigenvalue weighted by molar-refractivity contribution is 0.669. The van der Waals surface area contributed by atoms with Crippen molar-refractivity contribution in [2.45, 2.75) is 5.41 Å². The first-order valence-corrected chi connectivity index (χ1v) is 22.5. The molecule has 2 nitrogen and oxygen atoms in total. The van der Waals surface area contributed by atoms with Crippen molar-refractivity contribution in [2.75, 3.05) is 4.90 Å². The highest BCUT2D eigenvalue weighted by Gasteiger charge is 2.51. The monoisotopic (exact) mass is 825 g/mol. The molecule has 1 spiro atoms. The summed E-state index contributed by atoms with van der Waals surface area (Å²) in [6.45, 7) is 0. The van der Waals surface area contributed by atoms with Gasteiger partial charge in [-0.15, -0.1) is 0 Å². The van der Waals surface area contributed by atoms with Crippen molar-refractivity contribution < 1.29 is 4.42 Å². The Morgan fingerprint density at radius 3 is 1.38 bits per heavy atom. The first-order chi connectivity index (χ1) is 32.2. The predicted octanol–water partition coefficient (Wildman–Crippen LogP) is 17.0. The van der Waals surface area contributed by atoms with Gasteiger partial charge in [-0.1, -0.05) is 170 Å². The van der Waals surface area contributed by atoms with Crippen LogP contribution in [0.2, 0.25) is 0 Å². The summed E-state index contributed by atoms with van der Waals surface area (Å²) >= 11 is 0. The molecule has 0 amide bonds. The van der Waals surface area contributed by atoms with Crippen LogP contribution in [0.4, 0.5) is 17.1 Å². The highest BCUT2D eigenvalue weighted by Crippen LogP contribution is 2.63. The predicted molar refractivity (Wildman–Crippen MR) is 271 cm³/mol. The molecular formula is C63H39NO. The standard InChI is InChI=1S/C63H39NO/c1-2-12-42-35-44(22-21-40(42)11-1)47-26-25-45-36-43(23-24-46(45)37-47)41-27-29-48(30-28-41)64(49-32-34-62-56(38-49)55-16-6-10-20-61(55)65-62)50-31-33-54-53-15-5-9-19-59(53)63(60(54)39-50)57-17-7-3-13-51(57)52-14-4-8-18-58(52)63/h1-39H. The lowest BCUT2D eigenvalue weighted by Crippen LogP contribution is -2.26. The summed E-state index contributed by atoms with van der Waals surface area (Å²) in [6, 6.07) is 87.2. The number of anilines is 3. The minimum atomic E-state index is -0.443. The average Bonchev–Trinajstić information content (AvgIpc) is 4.00. The van der Waals surface area contributed by atoms with Crippen molar-refractivity contribution in [1.29, 1.82) is 0 Å². The van der Waals surface area contributed by atoms with Crippen LogP contribution in [-0.4, -0.2) is 0 Å². The maximum absolute atomic E-state index is 6.35. The number of hydrogen-bond donors (Lipinski definition) is 0. The van der Waals surface area contributed by atoms with Crippen LogP contribution in [0.5, 0.6) is 0 Å². The third kappa shape index (κ3) is 5.29. The molecule has 65 heavy (non-hydrogen) atoms. The molecule has 0 aliphatic heterocycles. The van der Waals surface area contributed by atoms with Crippen LogP contribution in [0.25, 0.3) is 88.0 Å². The topological polar surface area (TPSA) is 16.4 Å². The second-order valence-corrected chi connectivity index (χ2v) is 17.6. The van der Waals surface area contributed by atoms with E-state index in [9.17, 15) is 0 Å². The van der Waals surface area contributed by atoms with E-state index in [0.717, 1.165) is 39.0 Å². The smallest absolute Gasteiger partial charge is 0.135 e. The van der Waals surface area contributed by atoms with Crippen molar-refractivity contribution >= 4 is 60.5 Å². The molecule has 0 unspecified atom stereocenters. The Kier molecular flexibility index (Phi) is 7.64. The van der Waals surface area contributed by atoms with Crippen molar-refractivity contribution in [2.24, 2.45) is 0 Å². The van der Waals surface area contributed by atoms with Crippen LogP contribution >= 0.6 is 0 Å². The first-order valence-electron chi connectivity index (χ1n) is 22.5.